The highest BCUT2D eigenvalue weighted by molar-refractivity contribution is 5.81. The topological polar surface area (TPSA) is 32.3 Å². The summed E-state index contributed by atoms with van der Waals surface area (Å²) in [6.45, 7) is 7.87. The van der Waals surface area contributed by atoms with Crippen molar-refractivity contribution in [3.8, 4) is 0 Å². The Morgan fingerprint density at radius 2 is 2.10 bits per heavy atom. The average Bonchev–Trinajstić information content (AvgIpc) is 3.20. The summed E-state index contributed by atoms with van der Waals surface area (Å²) >= 11 is 0. The molecule has 2 aliphatic rings. The Balaban J connectivity index is 1.83. The molecule has 1 aliphatic heterocycles. The van der Waals surface area contributed by atoms with Gasteiger partial charge in [0.15, 0.2) is 0 Å². The molecule has 0 aromatic heterocycles. The van der Waals surface area contributed by atoms with Crippen molar-refractivity contribution in [3.63, 3.8) is 0 Å². The van der Waals surface area contributed by atoms with Crippen LogP contribution < -0.4 is 5.32 Å². The lowest BCUT2D eigenvalue weighted by Crippen LogP contribution is -2.35. The Labute approximate surface area is 121 Å². The van der Waals surface area contributed by atoms with Gasteiger partial charge in [-0.1, -0.05) is 30.7 Å². The second kappa shape index (κ2) is 5.21. The van der Waals surface area contributed by atoms with E-state index in [1.165, 1.54) is 29.5 Å². The van der Waals surface area contributed by atoms with Crippen LogP contribution in [0.15, 0.2) is 18.2 Å². The highest BCUT2D eigenvalue weighted by Gasteiger charge is 2.36. The number of carbonyl (C=O) groups excluding carboxylic acids is 1. The number of rotatable bonds is 4. The molecule has 1 saturated carbocycles. The van der Waals surface area contributed by atoms with E-state index in [1.54, 1.807) is 0 Å². The molecule has 108 valence electrons. The summed E-state index contributed by atoms with van der Waals surface area (Å²) in [5, 5.41) is 3.38. The first-order valence-electron chi connectivity index (χ1n) is 7.66. The number of nitrogens with zero attached hydrogens (tertiary/aromatic N) is 1. The number of hydrogen-bond donors (Lipinski definition) is 1. The maximum absolute atomic E-state index is 12.2. The minimum absolute atomic E-state index is 0.0589. The molecule has 2 unspecified atom stereocenters. The fourth-order valence-corrected chi connectivity index (χ4v) is 3.20. The summed E-state index contributed by atoms with van der Waals surface area (Å²) < 4.78 is 0. The predicted octanol–water partition coefficient (Wildman–Crippen LogP) is 2.78. The van der Waals surface area contributed by atoms with E-state index >= 15 is 0 Å². The molecule has 1 aromatic carbocycles. The average molecular weight is 272 g/mol. The molecule has 20 heavy (non-hydrogen) atoms. The van der Waals surface area contributed by atoms with Crippen LogP contribution in [-0.2, 0) is 4.79 Å². The SMILES string of the molecule is Cc1ccc(C)c(C2NCC(=O)N2CC(C)C2CC2)c1. The van der Waals surface area contributed by atoms with Crippen LogP contribution in [0.2, 0.25) is 0 Å². The number of benzene rings is 1. The highest BCUT2D eigenvalue weighted by atomic mass is 16.2. The van der Waals surface area contributed by atoms with Crippen molar-refractivity contribution in [1.82, 2.24) is 10.2 Å². The monoisotopic (exact) mass is 272 g/mol. The molecule has 3 nitrogen and oxygen atoms in total. The molecule has 0 radical (unpaired) electrons. The van der Waals surface area contributed by atoms with Crippen LogP contribution in [0.1, 0.15) is 42.6 Å². The van der Waals surface area contributed by atoms with Gasteiger partial charge in [-0.3, -0.25) is 10.1 Å². The second-order valence-electron chi connectivity index (χ2n) is 6.50. The van der Waals surface area contributed by atoms with Gasteiger partial charge >= 0.3 is 0 Å². The molecule has 1 N–H and O–H groups in total. The summed E-state index contributed by atoms with van der Waals surface area (Å²) in [6, 6.07) is 6.49. The number of amides is 1. The van der Waals surface area contributed by atoms with Gasteiger partial charge in [0.2, 0.25) is 5.91 Å². The van der Waals surface area contributed by atoms with Gasteiger partial charge in [0.1, 0.15) is 6.17 Å². The van der Waals surface area contributed by atoms with Crippen LogP contribution >= 0.6 is 0 Å². The Morgan fingerprint density at radius 3 is 2.80 bits per heavy atom. The molecule has 1 aromatic rings. The zero-order valence-electron chi connectivity index (χ0n) is 12.6. The van der Waals surface area contributed by atoms with Crippen LogP contribution in [0, 0.1) is 25.7 Å². The highest BCUT2D eigenvalue weighted by Crippen LogP contribution is 2.38. The van der Waals surface area contributed by atoms with Crippen molar-refractivity contribution in [2.24, 2.45) is 11.8 Å². The first-order chi connectivity index (χ1) is 9.56. The van der Waals surface area contributed by atoms with Crippen LogP contribution in [-0.4, -0.2) is 23.9 Å². The Bertz CT molecular complexity index is 522. The van der Waals surface area contributed by atoms with E-state index in [1.807, 2.05) is 4.90 Å². The van der Waals surface area contributed by atoms with Crippen molar-refractivity contribution >= 4 is 5.91 Å². The van der Waals surface area contributed by atoms with Crippen LogP contribution in [0.25, 0.3) is 0 Å². The van der Waals surface area contributed by atoms with E-state index in [-0.39, 0.29) is 12.1 Å². The molecule has 0 bridgehead atoms. The molecular formula is C17H24N2O. The van der Waals surface area contributed by atoms with Gasteiger partial charge in [-0.15, -0.1) is 0 Å². The van der Waals surface area contributed by atoms with E-state index in [0.717, 1.165) is 12.5 Å². The van der Waals surface area contributed by atoms with Gasteiger partial charge in [0.05, 0.1) is 6.54 Å². The van der Waals surface area contributed by atoms with Crippen molar-refractivity contribution in [1.29, 1.82) is 0 Å². The summed E-state index contributed by atoms with van der Waals surface area (Å²) in [4.78, 5) is 14.2. The molecule has 1 aliphatic carbocycles. The lowest BCUT2D eigenvalue weighted by atomic mass is 10.0. The van der Waals surface area contributed by atoms with E-state index in [4.69, 9.17) is 0 Å². The number of carbonyl (C=O) groups is 1. The van der Waals surface area contributed by atoms with Gasteiger partial charge in [0, 0.05) is 6.54 Å². The molecule has 3 heteroatoms. The Hall–Kier alpha value is -1.35. The molecule has 1 saturated heterocycles. The number of hydrogen-bond acceptors (Lipinski definition) is 2. The smallest absolute Gasteiger partial charge is 0.238 e. The molecule has 1 heterocycles. The third-order valence-corrected chi connectivity index (χ3v) is 4.72. The lowest BCUT2D eigenvalue weighted by Gasteiger charge is -2.28. The second-order valence-corrected chi connectivity index (χ2v) is 6.50. The quantitative estimate of drug-likeness (QED) is 0.914. The summed E-state index contributed by atoms with van der Waals surface area (Å²) in [5.74, 6) is 1.69. The van der Waals surface area contributed by atoms with Gasteiger partial charge < -0.3 is 4.90 Å². The lowest BCUT2D eigenvalue weighted by molar-refractivity contribution is -0.128. The van der Waals surface area contributed by atoms with Gasteiger partial charge in [-0.2, -0.15) is 0 Å². The maximum atomic E-state index is 12.2. The molecule has 0 spiro atoms. The van der Waals surface area contributed by atoms with Crippen molar-refractivity contribution in [2.75, 3.05) is 13.1 Å². The normalized spacial score (nSPS) is 24.2. The molecular weight excluding hydrogens is 248 g/mol. The van der Waals surface area contributed by atoms with Crippen molar-refractivity contribution in [3.05, 3.63) is 34.9 Å². The van der Waals surface area contributed by atoms with Gasteiger partial charge in [-0.25, -0.2) is 0 Å². The summed E-state index contributed by atoms with van der Waals surface area (Å²) in [5.41, 5.74) is 3.76. The van der Waals surface area contributed by atoms with E-state index in [2.05, 4.69) is 44.3 Å². The van der Waals surface area contributed by atoms with Crippen LogP contribution in [0.3, 0.4) is 0 Å². The van der Waals surface area contributed by atoms with Crippen LogP contribution in [0.5, 0.6) is 0 Å². The summed E-state index contributed by atoms with van der Waals surface area (Å²) in [6.07, 6.45) is 2.74. The molecule has 3 rings (SSSR count). The number of aryl methyl sites for hydroxylation is 2. The third-order valence-electron chi connectivity index (χ3n) is 4.72. The largest absolute Gasteiger partial charge is 0.322 e. The standard InChI is InChI=1S/C17H24N2O/c1-11-4-5-12(2)15(8-11)17-18-9-16(20)19(17)10-13(3)14-6-7-14/h4-5,8,13-14,17-18H,6-7,9-10H2,1-3H3. The van der Waals surface area contributed by atoms with Gasteiger partial charge in [0.25, 0.3) is 0 Å². The van der Waals surface area contributed by atoms with E-state index < -0.39 is 0 Å². The number of nitrogens with one attached hydrogen (secondary N) is 1. The molecule has 2 fully saturated rings. The first-order valence-corrected chi connectivity index (χ1v) is 7.66. The van der Waals surface area contributed by atoms with Crippen LogP contribution in [0.4, 0.5) is 0 Å². The fraction of sp³-hybridized carbons (Fsp3) is 0.588. The van der Waals surface area contributed by atoms with Crippen molar-refractivity contribution < 1.29 is 4.79 Å². The van der Waals surface area contributed by atoms with E-state index in [9.17, 15) is 4.79 Å². The summed E-state index contributed by atoms with van der Waals surface area (Å²) in [7, 11) is 0. The van der Waals surface area contributed by atoms with Crippen molar-refractivity contribution in [2.45, 2.75) is 39.8 Å². The zero-order chi connectivity index (χ0) is 14.3. The Morgan fingerprint density at radius 1 is 1.35 bits per heavy atom. The first kappa shape index (κ1) is 13.6. The fourth-order valence-electron chi connectivity index (χ4n) is 3.20. The third kappa shape index (κ3) is 2.59. The minimum atomic E-state index is 0.0589. The zero-order valence-corrected chi connectivity index (χ0v) is 12.6. The van der Waals surface area contributed by atoms with E-state index in [0.29, 0.717) is 12.5 Å². The Kier molecular flexibility index (Phi) is 3.55. The molecule has 2 atom stereocenters. The maximum Gasteiger partial charge on any atom is 0.238 e. The molecule has 1 amide bonds. The predicted molar refractivity (Wildman–Crippen MR) is 80.3 cm³/mol. The minimum Gasteiger partial charge on any atom is -0.322 e. The van der Waals surface area contributed by atoms with Gasteiger partial charge in [-0.05, 0) is 49.7 Å².